The molecule has 0 aromatic carbocycles. The normalized spacial score (nSPS) is 39.5. The van der Waals surface area contributed by atoms with E-state index in [1.807, 2.05) is 12.2 Å². The van der Waals surface area contributed by atoms with E-state index in [-0.39, 0.29) is 35.8 Å². The summed E-state index contributed by atoms with van der Waals surface area (Å²) in [6, 6.07) is -0.138. The van der Waals surface area contributed by atoms with Crippen molar-refractivity contribution in [1.29, 1.82) is 0 Å². The van der Waals surface area contributed by atoms with Gasteiger partial charge >= 0.3 is 0 Å². The second-order valence-electron chi connectivity index (χ2n) is 5.20. The van der Waals surface area contributed by atoms with Crippen molar-refractivity contribution in [1.82, 2.24) is 10.2 Å². The Hall–Kier alpha value is -1.20. The Morgan fingerprint density at radius 2 is 1.78 bits per heavy atom. The first-order valence-corrected chi connectivity index (χ1v) is 6.49. The minimum Gasteiger partial charge on any atom is -0.378 e. The van der Waals surface area contributed by atoms with Crippen LogP contribution >= 0.6 is 0 Å². The fourth-order valence-electron chi connectivity index (χ4n) is 3.29. The molecule has 1 aliphatic carbocycles. The molecule has 3 aliphatic rings. The second kappa shape index (κ2) is 4.48. The standard InChI is InChI=1S/C13H18N2O3/c1-18-11-7-14-6-10(11)15-12(16)8-4-2-3-5-9(8)13(15)17/h2-3,8-11,14H,4-7H2,1H3/t8-,9+,10?,11-/m0/s1. The zero-order chi connectivity index (χ0) is 12.7. The first-order valence-electron chi connectivity index (χ1n) is 6.49. The molecule has 2 amide bonds. The fraction of sp³-hybridized carbons (Fsp3) is 0.692. The van der Waals surface area contributed by atoms with Crippen LogP contribution in [0.5, 0.6) is 0 Å². The molecule has 2 fully saturated rings. The number of allylic oxidation sites excluding steroid dienone is 2. The molecule has 3 rings (SSSR count). The number of methoxy groups -OCH3 is 1. The fourth-order valence-corrected chi connectivity index (χ4v) is 3.29. The Kier molecular flexibility index (Phi) is 2.95. The van der Waals surface area contributed by atoms with Crippen LogP contribution in [0.3, 0.4) is 0 Å². The first kappa shape index (κ1) is 11.9. The lowest BCUT2D eigenvalue weighted by molar-refractivity contribution is -0.144. The lowest BCUT2D eigenvalue weighted by Gasteiger charge is -2.26. The summed E-state index contributed by atoms with van der Waals surface area (Å²) in [5.41, 5.74) is 0. The van der Waals surface area contributed by atoms with E-state index in [4.69, 9.17) is 4.74 Å². The predicted molar refractivity (Wildman–Crippen MR) is 64.7 cm³/mol. The number of rotatable bonds is 2. The average molecular weight is 250 g/mol. The van der Waals surface area contributed by atoms with E-state index in [1.54, 1.807) is 7.11 Å². The zero-order valence-corrected chi connectivity index (χ0v) is 10.5. The molecule has 2 saturated heterocycles. The molecule has 0 radical (unpaired) electrons. The maximum atomic E-state index is 12.4. The quantitative estimate of drug-likeness (QED) is 0.550. The molecule has 0 aromatic rings. The molecule has 0 aromatic heterocycles. The third-order valence-electron chi connectivity index (χ3n) is 4.30. The molecule has 5 nitrogen and oxygen atoms in total. The number of nitrogens with zero attached hydrogens (tertiary/aromatic N) is 1. The third-order valence-corrected chi connectivity index (χ3v) is 4.30. The molecule has 1 N–H and O–H groups in total. The van der Waals surface area contributed by atoms with Crippen molar-refractivity contribution in [3.05, 3.63) is 12.2 Å². The van der Waals surface area contributed by atoms with Gasteiger partial charge in [-0.05, 0) is 12.8 Å². The summed E-state index contributed by atoms with van der Waals surface area (Å²) >= 11 is 0. The summed E-state index contributed by atoms with van der Waals surface area (Å²) in [6.45, 7) is 1.34. The van der Waals surface area contributed by atoms with E-state index in [0.717, 1.165) is 0 Å². The van der Waals surface area contributed by atoms with Gasteiger partial charge in [0.2, 0.25) is 11.8 Å². The highest BCUT2D eigenvalue weighted by Crippen LogP contribution is 2.37. The molecule has 5 heteroatoms. The highest BCUT2D eigenvalue weighted by atomic mass is 16.5. The van der Waals surface area contributed by atoms with E-state index in [9.17, 15) is 9.59 Å². The van der Waals surface area contributed by atoms with Gasteiger partial charge in [0.15, 0.2) is 0 Å². The largest absolute Gasteiger partial charge is 0.378 e. The summed E-state index contributed by atoms with van der Waals surface area (Å²) in [4.78, 5) is 26.2. The molecule has 18 heavy (non-hydrogen) atoms. The number of amides is 2. The highest BCUT2D eigenvalue weighted by molar-refractivity contribution is 6.05. The summed E-state index contributed by atoms with van der Waals surface area (Å²) < 4.78 is 5.36. The first-order chi connectivity index (χ1) is 8.74. The molecule has 4 atom stereocenters. The van der Waals surface area contributed by atoms with E-state index in [1.165, 1.54) is 4.90 Å². The van der Waals surface area contributed by atoms with Crippen molar-refractivity contribution in [2.45, 2.75) is 25.0 Å². The molecular formula is C13H18N2O3. The van der Waals surface area contributed by atoms with Gasteiger partial charge in [-0.25, -0.2) is 0 Å². The van der Waals surface area contributed by atoms with Gasteiger partial charge in [0.05, 0.1) is 24.0 Å². The number of nitrogens with one attached hydrogen (secondary N) is 1. The Morgan fingerprint density at radius 1 is 1.17 bits per heavy atom. The van der Waals surface area contributed by atoms with E-state index < -0.39 is 0 Å². The average Bonchev–Trinajstić information content (AvgIpc) is 2.95. The van der Waals surface area contributed by atoms with Crippen LogP contribution in [-0.4, -0.2) is 49.1 Å². The van der Waals surface area contributed by atoms with Gasteiger partial charge in [-0.15, -0.1) is 0 Å². The SMILES string of the molecule is CO[C@H]1CNCC1N1C(=O)[C@H]2CC=CC[C@H]2C1=O. The number of carbonyl (C=O) groups excluding carboxylic acids is 2. The van der Waals surface area contributed by atoms with Crippen LogP contribution in [-0.2, 0) is 14.3 Å². The van der Waals surface area contributed by atoms with E-state index >= 15 is 0 Å². The molecule has 2 aliphatic heterocycles. The molecule has 2 heterocycles. The zero-order valence-electron chi connectivity index (χ0n) is 10.5. The van der Waals surface area contributed by atoms with Crippen molar-refractivity contribution in [3.63, 3.8) is 0 Å². The maximum absolute atomic E-state index is 12.4. The van der Waals surface area contributed by atoms with E-state index in [0.29, 0.717) is 25.9 Å². The summed E-state index contributed by atoms with van der Waals surface area (Å²) in [5.74, 6) is -0.295. The molecular weight excluding hydrogens is 232 g/mol. The van der Waals surface area contributed by atoms with Gasteiger partial charge < -0.3 is 10.1 Å². The van der Waals surface area contributed by atoms with E-state index in [2.05, 4.69) is 5.32 Å². The Morgan fingerprint density at radius 3 is 2.33 bits per heavy atom. The van der Waals surface area contributed by atoms with Crippen molar-refractivity contribution in [2.75, 3.05) is 20.2 Å². The minimum absolute atomic E-state index is 0.00917. The van der Waals surface area contributed by atoms with Crippen LogP contribution in [0, 0.1) is 11.8 Å². The Bertz CT molecular complexity index is 381. The van der Waals surface area contributed by atoms with Gasteiger partial charge in [-0.3, -0.25) is 14.5 Å². The number of carbonyl (C=O) groups is 2. The van der Waals surface area contributed by atoms with Crippen LogP contribution in [0.15, 0.2) is 12.2 Å². The molecule has 98 valence electrons. The number of ether oxygens (including phenoxy) is 1. The predicted octanol–water partition coefficient (Wildman–Crippen LogP) is -0.0756. The number of imide groups is 1. The van der Waals surface area contributed by atoms with Gasteiger partial charge in [0.1, 0.15) is 0 Å². The van der Waals surface area contributed by atoms with Gasteiger partial charge in [0.25, 0.3) is 0 Å². The van der Waals surface area contributed by atoms with Crippen LogP contribution < -0.4 is 5.32 Å². The van der Waals surface area contributed by atoms with Crippen LogP contribution in [0.2, 0.25) is 0 Å². The van der Waals surface area contributed by atoms with Crippen LogP contribution in [0.1, 0.15) is 12.8 Å². The van der Waals surface area contributed by atoms with Crippen molar-refractivity contribution < 1.29 is 14.3 Å². The van der Waals surface area contributed by atoms with Gasteiger partial charge in [0, 0.05) is 20.2 Å². The molecule has 0 saturated carbocycles. The van der Waals surface area contributed by atoms with Crippen molar-refractivity contribution in [2.24, 2.45) is 11.8 Å². The lowest BCUT2D eigenvalue weighted by Crippen LogP contribution is -2.47. The summed E-state index contributed by atoms with van der Waals surface area (Å²) in [5, 5.41) is 3.19. The van der Waals surface area contributed by atoms with Crippen LogP contribution in [0.25, 0.3) is 0 Å². The van der Waals surface area contributed by atoms with Crippen molar-refractivity contribution in [3.8, 4) is 0 Å². The monoisotopic (exact) mass is 250 g/mol. The van der Waals surface area contributed by atoms with Crippen LogP contribution in [0.4, 0.5) is 0 Å². The highest BCUT2D eigenvalue weighted by Gasteiger charge is 2.51. The second-order valence-corrected chi connectivity index (χ2v) is 5.20. The third kappa shape index (κ3) is 1.61. The maximum Gasteiger partial charge on any atom is 0.233 e. The Balaban J connectivity index is 1.85. The Labute approximate surface area is 106 Å². The number of hydrogen-bond donors (Lipinski definition) is 1. The molecule has 1 unspecified atom stereocenters. The summed E-state index contributed by atoms with van der Waals surface area (Å²) in [6.07, 6.45) is 5.34. The smallest absolute Gasteiger partial charge is 0.233 e. The van der Waals surface area contributed by atoms with Gasteiger partial charge in [-0.2, -0.15) is 0 Å². The topological polar surface area (TPSA) is 58.6 Å². The van der Waals surface area contributed by atoms with Crippen molar-refractivity contribution >= 4 is 11.8 Å². The summed E-state index contributed by atoms with van der Waals surface area (Å²) in [7, 11) is 1.63. The van der Waals surface area contributed by atoms with Gasteiger partial charge in [-0.1, -0.05) is 12.2 Å². The molecule has 0 spiro atoms. The number of fused-ring (bicyclic) bond motifs is 1. The number of hydrogen-bond acceptors (Lipinski definition) is 4. The lowest BCUT2D eigenvalue weighted by atomic mass is 9.85. The minimum atomic E-state index is -0.138. The number of likely N-dealkylation sites (tertiary alicyclic amines) is 1. The molecule has 0 bridgehead atoms.